The molecule has 0 amide bonds. The molecular weight excluding hydrogens is 298 g/mol. The zero-order valence-corrected chi connectivity index (χ0v) is 13.3. The maximum absolute atomic E-state index is 11.3. The van der Waals surface area contributed by atoms with Crippen molar-refractivity contribution in [2.45, 2.75) is 12.2 Å². The molecular formula is C17H19NO3S. The second-order valence-corrected chi connectivity index (χ2v) is 5.56. The van der Waals surface area contributed by atoms with Gasteiger partial charge in [0.2, 0.25) is 0 Å². The minimum atomic E-state index is -0.292. The summed E-state index contributed by atoms with van der Waals surface area (Å²) < 4.78 is 10.8. The van der Waals surface area contributed by atoms with Crippen LogP contribution in [0.1, 0.15) is 6.92 Å². The molecule has 0 aliphatic heterocycles. The van der Waals surface area contributed by atoms with E-state index in [0.717, 1.165) is 17.0 Å². The van der Waals surface area contributed by atoms with Gasteiger partial charge in [0.1, 0.15) is 19.0 Å². The number of carbonyl (C=O) groups excluding carboxylic acids is 1. The smallest absolute Gasteiger partial charge is 0.170 e. The van der Waals surface area contributed by atoms with Gasteiger partial charge < -0.3 is 9.47 Å². The van der Waals surface area contributed by atoms with E-state index in [2.05, 4.69) is 17.6 Å². The van der Waals surface area contributed by atoms with Crippen LogP contribution in [0.5, 0.6) is 5.75 Å². The van der Waals surface area contributed by atoms with E-state index >= 15 is 0 Å². The van der Waals surface area contributed by atoms with Gasteiger partial charge in [0.15, 0.2) is 5.78 Å². The molecule has 0 saturated heterocycles. The number of pyridine rings is 1. The molecule has 0 saturated carbocycles. The topological polar surface area (TPSA) is 48.4 Å². The van der Waals surface area contributed by atoms with Gasteiger partial charge in [-0.1, -0.05) is 6.07 Å². The van der Waals surface area contributed by atoms with Crippen LogP contribution in [0.2, 0.25) is 0 Å². The van der Waals surface area contributed by atoms with E-state index in [4.69, 9.17) is 9.47 Å². The fourth-order valence-electron chi connectivity index (χ4n) is 1.77. The van der Waals surface area contributed by atoms with Gasteiger partial charge in [-0.05, 0) is 43.3 Å². The predicted molar refractivity (Wildman–Crippen MR) is 89.4 cm³/mol. The minimum Gasteiger partial charge on any atom is -0.491 e. The molecule has 1 aromatic carbocycles. The first kappa shape index (κ1) is 16.5. The molecule has 22 heavy (non-hydrogen) atoms. The van der Waals surface area contributed by atoms with Crippen LogP contribution in [0.3, 0.4) is 0 Å². The maximum atomic E-state index is 11.3. The summed E-state index contributed by atoms with van der Waals surface area (Å²) >= 11 is 4.05. The van der Waals surface area contributed by atoms with E-state index in [1.165, 1.54) is 0 Å². The lowest BCUT2D eigenvalue weighted by Crippen LogP contribution is -2.19. The Morgan fingerprint density at radius 2 is 1.95 bits per heavy atom. The van der Waals surface area contributed by atoms with Crippen LogP contribution in [-0.2, 0) is 9.53 Å². The van der Waals surface area contributed by atoms with Gasteiger partial charge in [-0.15, -0.1) is 0 Å². The molecule has 5 heteroatoms. The largest absolute Gasteiger partial charge is 0.491 e. The van der Waals surface area contributed by atoms with Crippen molar-refractivity contribution in [2.75, 3.05) is 19.8 Å². The second kappa shape index (κ2) is 8.56. The van der Waals surface area contributed by atoms with Gasteiger partial charge in [0, 0.05) is 11.8 Å². The van der Waals surface area contributed by atoms with E-state index in [1.54, 1.807) is 13.1 Å². The molecule has 0 aliphatic rings. The van der Waals surface area contributed by atoms with Crippen molar-refractivity contribution in [1.29, 1.82) is 0 Å². The predicted octanol–water partition coefficient (Wildman–Crippen LogP) is 3.03. The molecule has 0 N–H and O–H groups in total. The molecule has 0 aliphatic carbocycles. The van der Waals surface area contributed by atoms with E-state index < -0.39 is 0 Å². The Bertz CT molecular complexity index is 585. The third-order valence-corrected chi connectivity index (χ3v) is 3.31. The average molecular weight is 317 g/mol. The quantitative estimate of drug-likeness (QED) is 0.600. The summed E-state index contributed by atoms with van der Waals surface area (Å²) in [5, 5.41) is -0.292. The highest BCUT2D eigenvalue weighted by Crippen LogP contribution is 2.20. The number of nitrogens with zero attached hydrogens (tertiary/aromatic N) is 1. The number of ketones is 1. The molecule has 1 atom stereocenters. The molecule has 1 heterocycles. The number of hydrogen-bond donors (Lipinski definition) is 1. The third kappa shape index (κ3) is 5.16. The van der Waals surface area contributed by atoms with Crippen LogP contribution >= 0.6 is 12.6 Å². The summed E-state index contributed by atoms with van der Waals surface area (Å²) in [7, 11) is 0. The molecule has 4 nitrogen and oxygen atoms in total. The number of ether oxygens (including phenoxy) is 2. The van der Waals surface area contributed by atoms with Gasteiger partial charge in [0.25, 0.3) is 0 Å². The Balaban J connectivity index is 1.74. The average Bonchev–Trinajstić information content (AvgIpc) is 2.55. The highest BCUT2D eigenvalue weighted by molar-refractivity contribution is 7.81. The van der Waals surface area contributed by atoms with E-state index in [1.807, 2.05) is 42.5 Å². The number of rotatable bonds is 8. The Labute approximate surface area is 135 Å². The summed E-state index contributed by atoms with van der Waals surface area (Å²) in [4.78, 5) is 15.6. The fourth-order valence-corrected chi connectivity index (χ4v) is 1.84. The number of benzene rings is 1. The van der Waals surface area contributed by atoms with Crippen LogP contribution < -0.4 is 4.74 Å². The van der Waals surface area contributed by atoms with Crippen molar-refractivity contribution in [2.24, 2.45) is 0 Å². The lowest BCUT2D eigenvalue weighted by Gasteiger charge is -2.08. The Kier molecular flexibility index (Phi) is 6.43. The molecule has 0 spiro atoms. The lowest BCUT2D eigenvalue weighted by atomic mass is 10.1. The zero-order valence-electron chi connectivity index (χ0n) is 12.4. The van der Waals surface area contributed by atoms with Crippen LogP contribution in [0.4, 0.5) is 0 Å². The highest BCUT2D eigenvalue weighted by atomic mass is 32.1. The molecule has 0 fully saturated rings. The van der Waals surface area contributed by atoms with Gasteiger partial charge in [-0.25, -0.2) is 0 Å². The molecule has 2 rings (SSSR count). The van der Waals surface area contributed by atoms with Crippen LogP contribution in [0, 0.1) is 0 Å². The van der Waals surface area contributed by atoms with Crippen molar-refractivity contribution in [3.05, 3.63) is 48.7 Å². The first-order chi connectivity index (χ1) is 10.7. The Hall–Kier alpha value is -1.85. The first-order valence-corrected chi connectivity index (χ1v) is 7.61. The molecule has 2 aromatic rings. The summed E-state index contributed by atoms with van der Waals surface area (Å²) in [5.41, 5.74) is 1.97. The number of thiol groups is 1. The molecule has 1 unspecified atom stereocenters. The van der Waals surface area contributed by atoms with Crippen molar-refractivity contribution < 1.29 is 14.3 Å². The van der Waals surface area contributed by atoms with E-state index in [-0.39, 0.29) is 17.6 Å². The van der Waals surface area contributed by atoms with Gasteiger partial charge in [-0.2, -0.15) is 12.6 Å². The van der Waals surface area contributed by atoms with Gasteiger partial charge in [-0.3, -0.25) is 9.78 Å². The Morgan fingerprint density at radius 3 is 2.59 bits per heavy atom. The van der Waals surface area contributed by atoms with Gasteiger partial charge >= 0.3 is 0 Å². The standard InChI is InChI=1S/C17H19NO3S/c1-13(22)17(19)12-20-10-11-21-15-7-5-14(6-8-15)16-4-2-3-9-18-16/h2-9,13,22H,10-12H2,1H3. The molecule has 1 aromatic heterocycles. The SMILES string of the molecule is CC(S)C(=O)COCCOc1ccc(-c2ccccn2)cc1. The van der Waals surface area contributed by atoms with E-state index in [0.29, 0.717) is 13.2 Å². The van der Waals surface area contributed by atoms with Crippen molar-refractivity contribution in [3.63, 3.8) is 0 Å². The minimum absolute atomic E-state index is 0.0250. The maximum Gasteiger partial charge on any atom is 0.170 e. The number of aromatic nitrogens is 1. The van der Waals surface area contributed by atoms with Crippen LogP contribution in [0.15, 0.2) is 48.7 Å². The van der Waals surface area contributed by atoms with Crippen molar-refractivity contribution in [1.82, 2.24) is 4.98 Å². The monoisotopic (exact) mass is 317 g/mol. The van der Waals surface area contributed by atoms with Crippen molar-refractivity contribution in [3.8, 4) is 17.0 Å². The highest BCUT2D eigenvalue weighted by Gasteiger charge is 2.07. The normalized spacial score (nSPS) is 11.9. The molecule has 116 valence electrons. The first-order valence-electron chi connectivity index (χ1n) is 7.09. The third-order valence-electron chi connectivity index (χ3n) is 3.02. The molecule has 0 bridgehead atoms. The summed E-state index contributed by atoms with van der Waals surface area (Å²) in [5.74, 6) is 0.736. The number of carbonyl (C=O) groups is 1. The van der Waals surface area contributed by atoms with Crippen LogP contribution in [-0.4, -0.2) is 35.8 Å². The summed E-state index contributed by atoms with van der Waals surface area (Å²) in [6.45, 7) is 2.58. The second-order valence-electron chi connectivity index (χ2n) is 4.78. The molecule has 0 radical (unpaired) electrons. The Morgan fingerprint density at radius 1 is 1.18 bits per heavy atom. The zero-order chi connectivity index (χ0) is 15.8. The lowest BCUT2D eigenvalue weighted by molar-refractivity contribution is -0.122. The van der Waals surface area contributed by atoms with Gasteiger partial charge in [0.05, 0.1) is 17.6 Å². The van der Waals surface area contributed by atoms with E-state index in [9.17, 15) is 4.79 Å². The van der Waals surface area contributed by atoms with Crippen LogP contribution in [0.25, 0.3) is 11.3 Å². The number of hydrogen-bond acceptors (Lipinski definition) is 5. The summed E-state index contributed by atoms with van der Waals surface area (Å²) in [6, 6.07) is 13.5. The summed E-state index contributed by atoms with van der Waals surface area (Å²) in [6.07, 6.45) is 1.77. The van der Waals surface area contributed by atoms with Crippen molar-refractivity contribution >= 4 is 18.4 Å². The number of Topliss-reactive ketones (excluding diaryl/α,β-unsaturated/α-hetero) is 1. The fraction of sp³-hybridized carbons (Fsp3) is 0.294.